The van der Waals surface area contributed by atoms with Crippen LogP contribution in [0.3, 0.4) is 0 Å². The van der Waals surface area contributed by atoms with E-state index >= 15 is 0 Å². The molecule has 0 aliphatic rings. The molecule has 1 heterocycles. The molecule has 100 valence electrons. The summed E-state index contributed by atoms with van der Waals surface area (Å²) in [7, 11) is 0. The number of benzene rings is 1. The van der Waals surface area contributed by atoms with Gasteiger partial charge in [0, 0.05) is 29.3 Å². The lowest BCUT2D eigenvalue weighted by molar-refractivity contribution is 0.627. The number of nitrogens with zero attached hydrogens (tertiary/aromatic N) is 2. The van der Waals surface area contributed by atoms with E-state index < -0.39 is 0 Å². The quantitative estimate of drug-likeness (QED) is 0.936. The molecule has 0 amide bonds. The maximum absolute atomic E-state index is 13.0. The predicted octanol–water partition coefficient (Wildman–Crippen LogP) is 2.67. The van der Waals surface area contributed by atoms with Crippen LogP contribution in [0.15, 0.2) is 24.3 Å². The molecule has 0 aliphatic carbocycles. The van der Waals surface area contributed by atoms with Gasteiger partial charge >= 0.3 is 0 Å². The molecule has 0 radical (unpaired) electrons. The molecule has 0 unspecified atom stereocenters. The molecular weight excluding hydrogens is 265 g/mol. The molecule has 0 bridgehead atoms. The minimum atomic E-state index is -0.345. The van der Waals surface area contributed by atoms with E-state index in [2.05, 4.69) is 9.97 Å². The zero-order chi connectivity index (χ0) is 13.8. The van der Waals surface area contributed by atoms with Gasteiger partial charge in [-0.2, -0.15) is 0 Å². The Kier molecular flexibility index (Phi) is 4.45. The molecule has 0 fully saturated rings. The third-order valence-electron chi connectivity index (χ3n) is 2.72. The molecule has 0 saturated heterocycles. The van der Waals surface area contributed by atoms with Crippen molar-refractivity contribution in [3.05, 3.63) is 57.9 Å². The molecule has 2 rings (SSSR count). The van der Waals surface area contributed by atoms with Crippen LogP contribution >= 0.6 is 11.6 Å². The van der Waals surface area contributed by atoms with Crippen LogP contribution in [0, 0.1) is 12.7 Å². The van der Waals surface area contributed by atoms with Crippen molar-refractivity contribution in [2.24, 2.45) is 5.73 Å². The molecule has 0 atom stereocenters. The third kappa shape index (κ3) is 3.72. The summed E-state index contributed by atoms with van der Waals surface area (Å²) >= 11 is 6.00. The summed E-state index contributed by atoms with van der Waals surface area (Å²) in [6.45, 7) is 2.46. The van der Waals surface area contributed by atoms with Gasteiger partial charge in [-0.1, -0.05) is 17.7 Å². The molecule has 0 aliphatic heterocycles. The smallest absolute Gasteiger partial charge is 0.133 e. The highest BCUT2D eigenvalue weighted by Gasteiger charge is 2.07. The zero-order valence-electron chi connectivity index (χ0n) is 10.7. The molecule has 19 heavy (non-hydrogen) atoms. The number of rotatable bonds is 4. The van der Waals surface area contributed by atoms with Crippen LogP contribution in [0.25, 0.3) is 0 Å². The monoisotopic (exact) mass is 279 g/mol. The third-order valence-corrected chi connectivity index (χ3v) is 3.07. The Morgan fingerprint density at radius 3 is 2.74 bits per heavy atom. The second kappa shape index (κ2) is 6.08. The number of hydrogen-bond donors (Lipinski definition) is 1. The van der Waals surface area contributed by atoms with Crippen molar-refractivity contribution in [2.45, 2.75) is 19.8 Å². The lowest BCUT2D eigenvalue weighted by Gasteiger charge is -2.07. The average molecular weight is 280 g/mol. The maximum Gasteiger partial charge on any atom is 0.133 e. The Morgan fingerprint density at radius 2 is 2.05 bits per heavy atom. The van der Waals surface area contributed by atoms with Gasteiger partial charge in [0.2, 0.25) is 0 Å². The van der Waals surface area contributed by atoms with E-state index in [4.69, 9.17) is 17.3 Å². The fraction of sp³-hybridized carbons (Fsp3) is 0.286. The average Bonchev–Trinajstić information content (AvgIpc) is 2.32. The highest BCUT2D eigenvalue weighted by atomic mass is 35.5. The Bertz CT molecular complexity index is 587. The van der Waals surface area contributed by atoms with Gasteiger partial charge in [0.05, 0.1) is 0 Å². The van der Waals surface area contributed by atoms with E-state index in [0.29, 0.717) is 30.2 Å². The SMILES string of the molecule is Cc1cc(CCN)nc(Cc2ccc(F)cc2Cl)n1. The summed E-state index contributed by atoms with van der Waals surface area (Å²) in [4.78, 5) is 8.81. The summed E-state index contributed by atoms with van der Waals surface area (Å²) in [5, 5.41) is 0.394. The Morgan fingerprint density at radius 1 is 1.26 bits per heavy atom. The second-order valence-electron chi connectivity index (χ2n) is 4.37. The van der Waals surface area contributed by atoms with Gasteiger partial charge < -0.3 is 5.73 Å². The number of nitrogens with two attached hydrogens (primary N) is 1. The van der Waals surface area contributed by atoms with Crippen molar-refractivity contribution in [3.63, 3.8) is 0 Å². The van der Waals surface area contributed by atoms with Crippen LogP contribution in [-0.2, 0) is 12.8 Å². The number of halogens is 2. The van der Waals surface area contributed by atoms with Crippen LogP contribution < -0.4 is 5.73 Å². The van der Waals surface area contributed by atoms with Crippen LogP contribution in [0.5, 0.6) is 0 Å². The van der Waals surface area contributed by atoms with Gasteiger partial charge in [-0.05, 0) is 37.2 Å². The van der Waals surface area contributed by atoms with Gasteiger partial charge in [0.15, 0.2) is 0 Å². The normalized spacial score (nSPS) is 10.7. The van der Waals surface area contributed by atoms with Gasteiger partial charge in [-0.3, -0.25) is 0 Å². The standard InChI is InChI=1S/C14H15ClFN3/c1-9-6-12(4-5-17)19-14(18-9)7-10-2-3-11(16)8-13(10)15/h2-3,6,8H,4-5,7,17H2,1H3. The Hall–Kier alpha value is -1.52. The van der Waals surface area contributed by atoms with Crippen molar-refractivity contribution in [2.75, 3.05) is 6.54 Å². The molecule has 5 heteroatoms. The molecule has 3 nitrogen and oxygen atoms in total. The maximum atomic E-state index is 13.0. The van der Waals surface area contributed by atoms with Crippen LogP contribution in [0.1, 0.15) is 22.8 Å². The van der Waals surface area contributed by atoms with E-state index in [-0.39, 0.29) is 5.82 Å². The molecular formula is C14H15ClFN3. The van der Waals surface area contributed by atoms with E-state index in [1.165, 1.54) is 12.1 Å². The minimum absolute atomic E-state index is 0.345. The topological polar surface area (TPSA) is 51.8 Å². The van der Waals surface area contributed by atoms with E-state index in [1.807, 2.05) is 13.0 Å². The van der Waals surface area contributed by atoms with Crippen molar-refractivity contribution in [3.8, 4) is 0 Å². The molecule has 0 spiro atoms. The Labute approximate surface area is 116 Å². The fourth-order valence-electron chi connectivity index (χ4n) is 1.89. The molecule has 2 N–H and O–H groups in total. The van der Waals surface area contributed by atoms with Crippen molar-refractivity contribution in [1.82, 2.24) is 9.97 Å². The van der Waals surface area contributed by atoms with Crippen molar-refractivity contribution in [1.29, 1.82) is 0 Å². The van der Waals surface area contributed by atoms with Crippen molar-refractivity contribution >= 4 is 11.6 Å². The largest absolute Gasteiger partial charge is 0.330 e. The minimum Gasteiger partial charge on any atom is -0.330 e. The second-order valence-corrected chi connectivity index (χ2v) is 4.78. The van der Waals surface area contributed by atoms with Gasteiger partial charge in [-0.15, -0.1) is 0 Å². The highest BCUT2D eigenvalue weighted by molar-refractivity contribution is 6.31. The zero-order valence-corrected chi connectivity index (χ0v) is 11.4. The van der Waals surface area contributed by atoms with Gasteiger partial charge in [-0.25, -0.2) is 14.4 Å². The van der Waals surface area contributed by atoms with Gasteiger partial charge in [0.1, 0.15) is 11.6 Å². The van der Waals surface area contributed by atoms with Crippen LogP contribution in [0.2, 0.25) is 5.02 Å². The van der Waals surface area contributed by atoms with E-state index in [9.17, 15) is 4.39 Å². The number of aryl methyl sites for hydroxylation is 1. The first-order valence-electron chi connectivity index (χ1n) is 6.06. The summed E-state index contributed by atoms with van der Waals surface area (Å²) in [5.74, 6) is 0.333. The van der Waals surface area contributed by atoms with Gasteiger partial charge in [0.25, 0.3) is 0 Å². The molecule has 2 aromatic rings. The Balaban J connectivity index is 2.27. The van der Waals surface area contributed by atoms with Crippen molar-refractivity contribution < 1.29 is 4.39 Å². The first-order valence-corrected chi connectivity index (χ1v) is 6.43. The summed E-state index contributed by atoms with van der Waals surface area (Å²) in [5.41, 5.74) is 8.16. The summed E-state index contributed by atoms with van der Waals surface area (Å²) < 4.78 is 13.0. The highest BCUT2D eigenvalue weighted by Crippen LogP contribution is 2.19. The fourth-order valence-corrected chi connectivity index (χ4v) is 2.12. The molecule has 1 aromatic carbocycles. The molecule has 0 saturated carbocycles. The van der Waals surface area contributed by atoms with Crippen LogP contribution in [-0.4, -0.2) is 16.5 Å². The first-order chi connectivity index (χ1) is 9.08. The number of aromatic nitrogens is 2. The van der Waals surface area contributed by atoms with E-state index in [0.717, 1.165) is 17.0 Å². The summed E-state index contributed by atoms with van der Waals surface area (Å²) in [6.07, 6.45) is 1.20. The lowest BCUT2D eigenvalue weighted by Crippen LogP contribution is -2.08. The van der Waals surface area contributed by atoms with Crippen LogP contribution in [0.4, 0.5) is 4.39 Å². The summed E-state index contributed by atoms with van der Waals surface area (Å²) in [6, 6.07) is 6.26. The predicted molar refractivity (Wildman–Crippen MR) is 73.7 cm³/mol. The number of hydrogen-bond acceptors (Lipinski definition) is 3. The van der Waals surface area contributed by atoms with E-state index in [1.54, 1.807) is 6.07 Å². The lowest BCUT2D eigenvalue weighted by atomic mass is 10.1. The first kappa shape index (κ1) is 13.9. The molecule has 1 aromatic heterocycles.